The number of carbonyl (C=O) groups is 2. The summed E-state index contributed by atoms with van der Waals surface area (Å²) in [4.78, 5) is 43.9. The molecule has 38 heavy (non-hydrogen) atoms. The molecule has 5 nitrogen and oxygen atoms in total. The molecule has 5 heteroatoms. The number of carbonyl (C=O) groups excluding carboxylic acids is 2. The van der Waals surface area contributed by atoms with Gasteiger partial charge in [-0.3, -0.25) is 14.4 Å². The zero-order valence-electron chi connectivity index (χ0n) is 20.0. The number of aromatic nitrogens is 1. The number of benzene rings is 6. The minimum Gasteiger partial charge on any atom is -0.397 e. The van der Waals surface area contributed by atoms with Crippen molar-refractivity contribution in [1.82, 2.24) is 4.98 Å². The van der Waals surface area contributed by atoms with Crippen molar-refractivity contribution >= 4 is 71.4 Å². The van der Waals surface area contributed by atoms with Crippen molar-refractivity contribution in [2.75, 3.05) is 5.73 Å². The second-order valence-electron chi connectivity index (χ2n) is 9.87. The van der Waals surface area contributed by atoms with Crippen molar-refractivity contribution in [1.29, 1.82) is 0 Å². The van der Waals surface area contributed by atoms with Crippen LogP contribution < -0.4 is 11.2 Å². The first-order valence-corrected chi connectivity index (χ1v) is 12.4. The number of fused-ring (bicyclic) bond motifs is 11. The van der Waals surface area contributed by atoms with E-state index in [0.717, 1.165) is 32.3 Å². The SMILES string of the molecule is Nc1cc2c(c3c(=O)c4ccccc4[nH]c13)C(=O)C(=O)c1ccc3c(ccc4cc5ccccc5cc43)c1-2. The molecule has 0 fully saturated rings. The van der Waals surface area contributed by atoms with E-state index in [-0.39, 0.29) is 16.4 Å². The fourth-order valence-corrected chi connectivity index (χ4v) is 6.10. The molecule has 0 atom stereocenters. The van der Waals surface area contributed by atoms with E-state index in [9.17, 15) is 14.4 Å². The van der Waals surface area contributed by atoms with Crippen molar-refractivity contribution in [3.05, 3.63) is 112 Å². The molecule has 1 aliphatic rings. The zero-order chi connectivity index (χ0) is 25.7. The van der Waals surface area contributed by atoms with Crippen molar-refractivity contribution in [2.24, 2.45) is 0 Å². The van der Waals surface area contributed by atoms with Crippen LogP contribution in [0.3, 0.4) is 0 Å². The van der Waals surface area contributed by atoms with Crippen LogP contribution in [0.2, 0.25) is 0 Å². The number of H-pyrrole nitrogens is 1. The predicted octanol–water partition coefficient (Wildman–Crippen LogP) is 6.77. The molecular formula is C33H18N2O3. The Morgan fingerprint density at radius 3 is 2.13 bits per heavy atom. The van der Waals surface area contributed by atoms with Gasteiger partial charge in [0.1, 0.15) is 0 Å². The number of rotatable bonds is 0. The number of hydrogen-bond acceptors (Lipinski definition) is 4. The van der Waals surface area contributed by atoms with Crippen molar-refractivity contribution in [3.63, 3.8) is 0 Å². The van der Waals surface area contributed by atoms with E-state index in [2.05, 4.69) is 29.2 Å². The fourth-order valence-electron chi connectivity index (χ4n) is 6.10. The van der Waals surface area contributed by atoms with Crippen molar-refractivity contribution in [3.8, 4) is 11.1 Å². The Balaban J connectivity index is 1.55. The van der Waals surface area contributed by atoms with Gasteiger partial charge in [-0.15, -0.1) is 0 Å². The van der Waals surface area contributed by atoms with Gasteiger partial charge in [-0.2, -0.15) is 0 Å². The van der Waals surface area contributed by atoms with Crippen LogP contribution in [0.1, 0.15) is 20.7 Å². The molecule has 0 aliphatic heterocycles. The van der Waals surface area contributed by atoms with Gasteiger partial charge in [0.15, 0.2) is 5.43 Å². The summed E-state index contributed by atoms with van der Waals surface area (Å²) in [6.07, 6.45) is 0. The molecule has 8 rings (SSSR count). The molecule has 0 amide bonds. The lowest BCUT2D eigenvalue weighted by Gasteiger charge is -2.23. The van der Waals surface area contributed by atoms with Crippen LogP contribution in [0, 0.1) is 0 Å². The molecule has 0 unspecified atom stereocenters. The molecule has 178 valence electrons. The lowest BCUT2D eigenvalue weighted by molar-refractivity contribution is 0.0816. The van der Waals surface area contributed by atoms with Crippen LogP contribution in [0.15, 0.2) is 95.8 Å². The maximum Gasteiger partial charge on any atom is 0.234 e. The van der Waals surface area contributed by atoms with E-state index in [1.807, 2.05) is 36.4 Å². The first-order chi connectivity index (χ1) is 18.5. The highest BCUT2D eigenvalue weighted by Gasteiger charge is 2.35. The zero-order valence-corrected chi connectivity index (χ0v) is 20.0. The summed E-state index contributed by atoms with van der Waals surface area (Å²) in [5.41, 5.74) is 9.12. The average Bonchev–Trinajstić information content (AvgIpc) is 2.94. The molecule has 3 N–H and O–H groups in total. The number of hydrogen-bond donors (Lipinski definition) is 2. The van der Waals surface area contributed by atoms with Crippen molar-refractivity contribution in [2.45, 2.75) is 0 Å². The van der Waals surface area contributed by atoms with E-state index >= 15 is 0 Å². The van der Waals surface area contributed by atoms with Gasteiger partial charge in [0, 0.05) is 27.6 Å². The number of ketones is 2. The summed E-state index contributed by atoms with van der Waals surface area (Å²) in [5, 5.41) is 6.79. The third-order valence-electron chi connectivity index (χ3n) is 7.85. The summed E-state index contributed by atoms with van der Waals surface area (Å²) in [6.45, 7) is 0. The minimum atomic E-state index is -0.690. The van der Waals surface area contributed by atoms with Crippen LogP contribution in [0.25, 0.3) is 65.3 Å². The fraction of sp³-hybridized carbons (Fsp3) is 0. The van der Waals surface area contributed by atoms with E-state index in [4.69, 9.17) is 5.73 Å². The summed E-state index contributed by atoms with van der Waals surface area (Å²) in [7, 11) is 0. The second kappa shape index (κ2) is 7.14. The maximum absolute atomic E-state index is 13.7. The Morgan fingerprint density at radius 2 is 1.29 bits per heavy atom. The van der Waals surface area contributed by atoms with Crippen LogP contribution in [-0.2, 0) is 0 Å². The van der Waals surface area contributed by atoms with E-state index < -0.39 is 11.6 Å². The molecule has 6 aromatic carbocycles. The third kappa shape index (κ3) is 2.57. The lowest BCUT2D eigenvalue weighted by Crippen LogP contribution is -2.24. The lowest BCUT2D eigenvalue weighted by atomic mass is 9.79. The first kappa shape index (κ1) is 20.9. The van der Waals surface area contributed by atoms with Gasteiger partial charge in [-0.1, -0.05) is 54.6 Å². The van der Waals surface area contributed by atoms with Gasteiger partial charge < -0.3 is 10.7 Å². The van der Waals surface area contributed by atoms with Gasteiger partial charge in [0.2, 0.25) is 11.6 Å². The number of anilines is 1. The average molecular weight is 491 g/mol. The smallest absolute Gasteiger partial charge is 0.234 e. The quantitative estimate of drug-likeness (QED) is 0.106. The van der Waals surface area contributed by atoms with E-state index in [1.54, 1.807) is 30.3 Å². The maximum atomic E-state index is 13.7. The summed E-state index contributed by atoms with van der Waals surface area (Å²) < 4.78 is 0. The van der Waals surface area contributed by atoms with Crippen LogP contribution in [0.4, 0.5) is 5.69 Å². The highest BCUT2D eigenvalue weighted by Crippen LogP contribution is 2.44. The number of Topliss-reactive ketones (excluding diaryl/α,β-unsaturated/α-hetero) is 2. The molecule has 1 aliphatic carbocycles. The van der Waals surface area contributed by atoms with Crippen molar-refractivity contribution < 1.29 is 9.59 Å². The Labute approximate surface area is 215 Å². The molecule has 7 aromatic rings. The monoisotopic (exact) mass is 490 g/mol. The van der Waals surface area contributed by atoms with Gasteiger partial charge in [-0.25, -0.2) is 0 Å². The number of nitrogen functional groups attached to an aromatic ring is 1. The summed E-state index contributed by atoms with van der Waals surface area (Å²) >= 11 is 0. The molecule has 1 heterocycles. The van der Waals surface area contributed by atoms with Gasteiger partial charge in [-0.05, 0) is 74.3 Å². The summed E-state index contributed by atoms with van der Waals surface area (Å²) in [5.74, 6) is -1.31. The predicted molar refractivity (Wildman–Crippen MR) is 153 cm³/mol. The highest BCUT2D eigenvalue weighted by atomic mass is 16.2. The Morgan fingerprint density at radius 1 is 0.553 bits per heavy atom. The van der Waals surface area contributed by atoms with Gasteiger partial charge in [0.25, 0.3) is 0 Å². The molecule has 0 radical (unpaired) electrons. The number of nitrogens with two attached hydrogens (primary N) is 1. The van der Waals surface area contributed by atoms with Crippen LogP contribution >= 0.6 is 0 Å². The summed E-state index contributed by atoms with van der Waals surface area (Å²) in [6, 6.07) is 29.0. The Hall–Kier alpha value is -5.29. The van der Waals surface area contributed by atoms with Crippen LogP contribution in [-0.4, -0.2) is 16.6 Å². The number of para-hydroxylation sites is 1. The molecule has 0 bridgehead atoms. The van der Waals surface area contributed by atoms with Gasteiger partial charge >= 0.3 is 0 Å². The van der Waals surface area contributed by atoms with E-state index in [0.29, 0.717) is 38.8 Å². The Kier molecular flexibility index (Phi) is 3.92. The van der Waals surface area contributed by atoms with Gasteiger partial charge in [0.05, 0.1) is 16.6 Å². The number of pyridine rings is 1. The molecule has 0 spiro atoms. The highest BCUT2D eigenvalue weighted by molar-refractivity contribution is 6.55. The van der Waals surface area contributed by atoms with E-state index in [1.165, 1.54) is 0 Å². The standard InChI is InChI=1S/C33H18N2O3/c34-25-15-24-27-20-10-9-18-13-16-5-1-2-6-17(16)14-23(18)19(20)11-12-22(27)32(37)33(38)28(24)29-30(25)35-26-8-4-3-7-21(26)31(29)36/h1-15H,34H2,(H,35,36). The first-order valence-electron chi connectivity index (χ1n) is 12.4. The number of aromatic amines is 1. The Bertz CT molecular complexity index is 2310. The molecule has 0 saturated heterocycles. The number of nitrogens with one attached hydrogen (secondary N) is 1. The second-order valence-corrected chi connectivity index (χ2v) is 9.87. The van der Waals surface area contributed by atoms with Crippen LogP contribution in [0.5, 0.6) is 0 Å². The minimum absolute atomic E-state index is 0.116. The topological polar surface area (TPSA) is 93.0 Å². The molecular weight excluding hydrogens is 472 g/mol. The molecule has 1 aromatic heterocycles. The largest absolute Gasteiger partial charge is 0.397 e. The third-order valence-corrected chi connectivity index (χ3v) is 7.85. The normalized spacial score (nSPS) is 13.1. The molecule has 0 saturated carbocycles.